The number of nitrogens with one attached hydrogen (secondary N) is 1. The summed E-state index contributed by atoms with van der Waals surface area (Å²) in [6.45, 7) is 7.43. The van der Waals surface area contributed by atoms with Gasteiger partial charge in [-0.3, -0.25) is 9.59 Å². The zero-order chi connectivity index (χ0) is 25.5. The molecule has 190 valence electrons. The number of ether oxygens (including phenoxy) is 1. The van der Waals surface area contributed by atoms with Crippen LogP contribution in [0.5, 0.6) is 0 Å². The molecule has 0 saturated heterocycles. The second-order valence-corrected chi connectivity index (χ2v) is 10.1. The number of rotatable bonds is 11. The first-order valence-electron chi connectivity index (χ1n) is 12.6. The maximum atomic E-state index is 13.7. The molecule has 1 aliphatic rings. The van der Waals surface area contributed by atoms with Crippen LogP contribution in [0.25, 0.3) is 0 Å². The summed E-state index contributed by atoms with van der Waals surface area (Å²) in [4.78, 5) is 32.3. The smallest absolute Gasteiger partial charge is 0.254 e. The van der Waals surface area contributed by atoms with Crippen LogP contribution in [0.2, 0.25) is 0 Å². The summed E-state index contributed by atoms with van der Waals surface area (Å²) in [6.07, 6.45) is 0.831. The Labute approximate surface area is 217 Å². The van der Waals surface area contributed by atoms with E-state index < -0.39 is 5.92 Å². The third-order valence-corrected chi connectivity index (χ3v) is 7.69. The highest BCUT2D eigenvalue weighted by molar-refractivity contribution is 7.10. The van der Waals surface area contributed by atoms with Gasteiger partial charge in [0.05, 0.1) is 18.6 Å². The van der Waals surface area contributed by atoms with Crippen molar-refractivity contribution in [3.63, 3.8) is 0 Å². The number of amides is 2. The van der Waals surface area contributed by atoms with E-state index in [1.165, 1.54) is 11.3 Å². The molecule has 1 aromatic heterocycles. The number of carbonyl (C=O) groups is 2. The van der Waals surface area contributed by atoms with Gasteiger partial charge < -0.3 is 19.9 Å². The first kappa shape index (κ1) is 25.9. The van der Waals surface area contributed by atoms with Crippen LogP contribution < -0.4 is 10.2 Å². The molecule has 0 fully saturated rings. The fraction of sp³-hybridized carbons (Fsp3) is 0.379. The number of anilines is 1. The molecule has 3 aromatic rings. The normalized spacial score (nSPS) is 17.1. The highest BCUT2D eigenvalue weighted by atomic mass is 32.1. The van der Waals surface area contributed by atoms with Gasteiger partial charge >= 0.3 is 0 Å². The lowest BCUT2D eigenvalue weighted by Gasteiger charge is -2.41. The first-order chi connectivity index (χ1) is 17.5. The maximum absolute atomic E-state index is 13.7. The molecule has 2 amide bonds. The summed E-state index contributed by atoms with van der Waals surface area (Å²) in [7, 11) is 1.63. The highest BCUT2D eigenvalue weighted by Crippen LogP contribution is 2.44. The minimum Gasteiger partial charge on any atom is -0.383 e. The van der Waals surface area contributed by atoms with E-state index in [0.717, 1.165) is 30.0 Å². The third kappa shape index (κ3) is 5.63. The molecule has 0 spiro atoms. The van der Waals surface area contributed by atoms with Gasteiger partial charge in [-0.15, -0.1) is 11.3 Å². The Hall–Kier alpha value is -3.16. The van der Waals surface area contributed by atoms with Crippen molar-refractivity contribution in [1.82, 2.24) is 10.2 Å². The van der Waals surface area contributed by atoms with E-state index in [-0.39, 0.29) is 17.9 Å². The Morgan fingerprint density at radius 3 is 2.69 bits per heavy atom. The molecule has 4 rings (SSSR count). The predicted octanol–water partition coefficient (Wildman–Crippen LogP) is 5.02. The van der Waals surface area contributed by atoms with E-state index >= 15 is 0 Å². The quantitative estimate of drug-likeness (QED) is 0.372. The largest absolute Gasteiger partial charge is 0.383 e. The van der Waals surface area contributed by atoms with Crippen LogP contribution in [0, 0.1) is 6.92 Å². The van der Waals surface area contributed by atoms with E-state index in [2.05, 4.69) is 48.3 Å². The van der Waals surface area contributed by atoms with Crippen molar-refractivity contribution in [2.45, 2.75) is 32.2 Å². The number of nitrogens with zero attached hydrogens (tertiary/aromatic N) is 2. The van der Waals surface area contributed by atoms with Gasteiger partial charge in [-0.25, -0.2) is 0 Å². The van der Waals surface area contributed by atoms with Gasteiger partial charge in [-0.05, 0) is 61.0 Å². The van der Waals surface area contributed by atoms with Crippen molar-refractivity contribution in [3.05, 3.63) is 87.6 Å². The van der Waals surface area contributed by atoms with Crippen LogP contribution in [0.4, 0.5) is 5.69 Å². The van der Waals surface area contributed by atoms with Gasteiger partial charge in [0.1, 0.15) is 0 Å². The van der Waals surface area contributed by atoms with Crippen LogP contribution in [0.3, 0.4) is 0 Å². The van der Waals surface area contributed by atoms with Crippen molar-refractivity contribution in [2.75, 3.05) is 44.8 Å². The minimum atomic E-state index is -0.478. The zero-order valence-electron chi connectivity index (χ0n) is 21.3. The molecule has 2 heterocycles. The molecule has 36 heavy (non-hydrogen) atoms. The molecule has 2 unspecified atom stereocenters. The Morgan fingerprint density at radius 1 is 1.14 bits per heavy atom. The van der Waals surface area contributed by atoms with Gasteiger partial charge in [0.2, 0.25) is 5.91 Å². The first-order valence-corrected chi connectivity index (χ1v) is 13.4. The van der Waals surface area contributed by atoms with E-state index in [1.54, 1.807) is 23.3 Å². The number of benzene rings is 2. The number of aryl methyl sites for hydroxylation is 1. The van der Waals surface area contributed by atoms with Crippen LogP contribution in [-0.4, -0.2) is 56.6 Å². The molecule has 2 atom stereocenters. The van der Waals surface area contributed by atoms with E-state index in [4.69, 9.17) is 4.74 Å². The van der Waals surface area contributed by atoms with Gasteiger partial charge in [0, 0.05) is 49.4 Å². The molecule has 2 aromatic carbocycles. The Balaban J connectivity index is 1.52. The van der Waals surface area contributed by atoms with E-state index in [9.17, 15) is 9.59 Å². The van der Waals surface area contributed by atoms with Gasteiger partial charge in [0.15, 0.2) is 0 Å². The van der Waals surface area contributed by atoms with Crippen LogP contribution in [0.1, 0.15) is 51.7 Å². The lowest BCUT2D eigenvalue weighted by Crippen LogP contribution is -2.48. The number of fused-ring (bicyclic) bond motifs is 1. The Morgan fingerprint density at radius 2 is 1.97 bits per heavy atom. The van der Waals surface area contributed by atoms with E-state index in [0.29, 0.717) is 25.3 Å². The van der Waals surface area contributed by atoms with Crippen molar-refractivity contribution in [3.8, 4) is 0 Å². The highest BCUT2D eigenvalue weighted by Gasteiger charge is 2.44. The van der Waals surface area contributed by atoms with Gasteiger partial charge in [-0.1, -0.05) is 36.4 Å². The Bertz CT molecular complexity index is 1160. The van der Waals surface area contributed by atoms with Gasteiger partial charge in [0.25, 0.3) is 5.91 Å². The molecular weight excluding hydrogens is 470 g/mol. The molecule has 0 saturated carbocycles. The molecule has 0 aliphatic carbocycles. The molecule has 0 radical (unpaired) electrons. The summed E-state index contributed by atoms with van der Waals surface area (Å²) in [5.41, 5.74) is 3.83. The summed E-state index contributed by atoms with van der Waals surface area (Å²) >= 11 is 1.58. The molecule has 1 aliphatic heterocycles. The SMILES string of the molecule is CCN(CCCNC(=O)C1c2ccccc2C(=O)N(CCOC)C1c1cccs1)c1cccc(C)c1. The van der Waals surface area contributed by atoms with E-state index in [1.807, 2.05) is 41.8 Å². The summed E-state index contributed by atoms with van der Waals surface area (Å²) in [6, 6.07) is 19.6. The average molecular weight is 506 g/mol. The van der Waals surface area contributed by atoms with Crippen molar-refractivity contribution < 1.29 is 14.3 Å². The lowest BCUT2D eigenvalue weighted by molar-refractivity contribution is -0.124. The maximum Gasteiger partial charge on any atom is 0.254 e. The lowest BCUT2D eigenvalue weighted by atomic mass is 9.81. The second kappa shape index (κ2) is 12.2. The average Bonchev–Trinajstić information content (AvgIpc) is 3.42. The van der Waals surface area contributed by atoms with Crippen molar-refractivity contribution in [1.29, 1.82) is 0 Å². The monoisotopic (exact) mass is 505 g/mol. The minimum absolute atomic E-state index is 0.0469. The molecule has 6 nitrogen and oxygen atoms in total. The molecule has 0 bridgehead atoms. The molecular formula is C29H35N3O3S. The predicted molar refractivity (Wildman–Crippen MR) is 146 cm³/mol. The number of methoxy groups -OCH3 is 1. The van der Waals surface area contributed by atoms with Crippen LogP contribution in [0.15, 0.2) is 66.0 Å². The molecule has 7 heteroatoms. The summed E-state index contributed by atoms with van der Waals surface area (Å²) in [5, 5.41) is 5.18. The number of hydrogen-bond acceptors (Lipinski definition) is 5. The number of thiophene rings is 1. The fourth-order valence-electron chi connectivity index (χ4n) is 4.97. The molecule has 1 N–H and O–H groups in total. The number of hydrogen-bond donors (Lipinski definition) is 1. The van der Waals surface area contributed by atoms with Crippen LogP contribution >= 0.6 is 11.3 Å². The standard InChI is InChI=1S/C29H35N3O3S/c1-4-31(22-11-7-10-21(2)20-22)16-9-15-30-28(33)26-23-12-5-6-13-24(23)29(34)32(17-18-35-3)27(26)25-14-8-19-36-25/h5-8,10-14,19-20,26-27H,4,9,15-18H2,1-3H3,(H,30,33). The van der Waals surface area contributed by atoms with Crippen LogP contribution in [-0.2, 0) is 9.53 Å². The Kier molecular flexibility index (Phi) is 8.78. The van der Waals surface area contributed by atoms with Gasteiger partial charge in [-0.2, -0.15) is 0 Å². The number of carbonyl (C=O) groups excluding carboxylic acids is 2. The second-order valence-electron chi connectivity index (χ2n) is 9.08. The fourth-order valence-corrected chi connectivity index (χ4v) is 5.85. The third-order valence-electron chi connectivity index (χ3n) is 6.74. The summed E-state index contributed by atoms with van der Waals surface area (Å²) < 4.78 is 5.30. The van der Waals surface area contributed by atoms with Crippen molar-refractivity contribution in [2.24, 2.45) is 0 Å². The topological polar surface area (TPSA) is 61.9 Å². The summed E-state index contributed by atoms with van der Waals surface area (Å²) in [5.74, 6) is -0.579. The van der Waals surface area contributed by atoms with Crippen molar-refractivity contribution >= 4 is 28.8 Å². The zero-order valence-corrected chi connectivity index (χ0v) is 22.1.